The first-order chi connectivity index (χ1) is 8.56. The Hall–Kier alpha value is -1.05. The Kier molecular flexibility index (Phi) is 4.26. The number of rotatable bonds is 4. The van der Waals surface area contributed by atoms with Gasteiger partial charge in [0.25, 0.3) is 0 Å². The van der Waals surface area contributed by atoms with E-state index >= 15 is 0 Å². The molecule has 2 atom stereocenters. The molecule has 2 rings (SSSR count). The predicted molar refractivity (Wildman–Crippen MR) is 78.4 cm³/mol. The summed E-state index contributed by atoms with van der Waals surface area (Å²) in [5, 5.41) is 0. The van der Waals surface area contributed by atoms with Gasteiger partial charge in [0.05, 0.1) is 0 Å². The Balaban J connectivity index is 1.86. The first-order valence-corrected chi connectivity index (χ1v) is 7.27. The van der Waals surface area contributed by atoms with E-state index in [0.717, 1.165) is 23.4 Å². The van der Waals surface area contributed by atoms with Crippen LogP contribution in [0, 0.1) is 11.8 Å². The van der Waals surface area contributed by atoms with Crippen LogP contribution in [-0.4, -0.2) is 16.7 Å². The zero-order chi connectivity index (χ0) is 13.1. The molecule has 18 heavy (non-hydrogen) atoms. The minimum Gasteiger partial charge on any atom is -0.330 e. The van der Waals surface area contributed by atoms with Crippen LogP contribution in [0.25, 0.3) is 0 Å². The third kappa shape index (κ3) is 3.24. The van der Waals surface area contributed by atoms with Crippen LogP contribution in [0.2, 0.25) is 0 Å². The van der Waals surface area contributed by atoms with E-state index in [1.54, 1.807) is 0 Å². The molecule has 0 saturated heterocycles. The van der Waals surface area contributed by atoms with Crippen molar-refractivity contribution < 1.29 is 0 Å². The van der Waals surface area contributed by atoms with E-state index in [1.165, 1.54) is 32.1 Å². The van der Waals surface area contributed by atoms with Crippen molar-refractivity contribution in [3.63, 3.8) is 0 Å². The normalized spacial score (nSPS) is 28.1. The van der Waals surface area contributed by atoms with Crippen molar-refractivity contribution in [2.45, 2.75) is 58.9 Å². The van der Waals surface area contributed by atoms with Crippen LogP contribution in [0.5, 0.6) is 0 Å². The lowest BCUT2D eigenvalue weighted by Crippen LogP contribution is -2.29. The first kappa shape index (κ1) is 13.4. The zero-order valence-corrected chi connectivity index (χ0v) is 12.0. The second-order valence-electron chi connectivity index (χ2n) is 6.20. The Labute approximate surface area is 111 Å². The molecule has 1 fully saturated rings. The third-order valence-electron chi connectivity index (χ3n) is 4.14. The van der Waals surface area contributed by atoms with E-state index in [1.807, 2.05) is 6.92 Å². The number of hydrogen-bond acceptors (Lipinski definition) is 2. The van der Waals surface area contributed by atoms with Gasteiger partial charge in [0.1, 0.15) is 5.82 Å². The molecule has 0 aromatic rings. The van der Waals surface area contributed by atoms with Crippen molar-refractivity contribution in [2.24, 2.45) is 16.8 Å². The lowest BCUT2D eigenvalue weighted by atomic mass is 9.96. The van der Waals surface area contributed by atoms with Gasteiger partial charge in [0.15, 0.2) is 0 Å². The summed E-state index contributed by atoms with van der Waals surface area (Å²) < 4.78 is 0. The molecule has 100 valence electrons. The summed E-state index contributed by atoms with van der Waals surface area (Å²) in [5.74, 6) is 2.66. The van der Waals surface area contributed by atoms with Crippen molar-refractivity contribution in [3.05, 3.63) is 24.7 Å². The van der Waals surface area contributed by atoms with Gasteiger partial charge in [-0.15, -0.1) is 0 Å². The second kappa shape index (κ2) is 5.73. The molecular formula is C16H26N2. The highest BCUT2D eigenvalue weighted by Crippen LogP contribution is 2.35. The third-order valence-corrected chi connectivity index (χ3v) is 4.14. The molecular weight excluding hydrogens is 220 g/mol. The topological polar surface area (TPSA) is 15.6 Å². The van der Waals surface area contributed by atoms with E-state index in [4.69, 9.17) is 0 Å². The molecule has 1 heterocycles. The summed E-state index contributed by atoms with van der Waals surface area (Å²) in [4.78, 5) is 6.75. The Morgan fingerprint density at radius 2 is 2.22 bits per heavy atom. The van der Waals surface area contributed by atoms with E-state index < -0.39 is 0 Å². The fourth-order valence-electron chi connectivity index (χ4n) is 3.04. The van der Waals surface area contributed by atoms with Crippen LogP contribution in [0.3, 0.4) is 0 Å². The lowest BCUT2D eigenvalue weighted by molar-refractivity contribution is 0.323. The van der Waals surface area contributed by atoms with Gasteiger partial charge in [0.2, 0.25) is 0 Å². The number of hydrogen-bond donors (Lipinski definition) is 0. The van der Waals surface area contributed by atoms with Gasteiger partial charge in [-0.25, -0.2) is 4.99 Å². The number of aliphatic imine (C=N–C) groups is 1. The highest BCUT2D eigenvalue weighted by Gasteiger charge is 2.29. The van der Waals surface area contributed by atoms with Crippen LogP contribution < -0.4 is 0 Å². The molecule has 2 heteroatoms. The zero-order valence-electron chi connectivity index (χ0n) is 12.0. The average molecular weight is 246 g/mol. The molecule has 0 bridgehead atoms. The van der Waals surface area contributed by atoms with Crippen LogP contribution in [0.15, 0.2) is 29.7 Å². The fourth-order valence-corrected chi connectivity index (χ4v) is 3.04. The smallest absolute Gasteiger partial charge is 0.125 e. The summed E-state index contributed by atoms with van der Waals surface area (Å²) in [6.45, 7) is 10.7. The summed E-state index contributed by atoms with van der Waals surface area (Å²) in [6, 6.07) is 0.628. The Morgan fingerprint density at radius 1 is 1.44 bits per heavy atom. The summed E-state index contributed by atoms with van der Waals surface area (Å²) in [6.07, 6.45) is 11.0. The SMILES string of the molecule is C=C1N=C(C)C=CN1[C@@H]1CCC(CCC(C)C)C1. The monoisotopic (exact) mass is 246 g/mol. The summed E-state index contributed by atoms with van der Waals surface area (Å²) >= 11 is 0. The molecule has 2 nitrogen and oxygen atoms in total. The minimum absolute atomic E-state index is 0.628. The van der Waals surface area contributed by atoms with E-state index in [2.05, 4.69) is 42.6 Å². The molecule has 0 N–H and O–H groups in total. The van der Waals surface area contributed by atoms with Crippen LogP contribution in [-0.2, 0) is 0 Å². The molecule has 0 aromatic carbocycles. The molecule has 1 aliphatic carbocycles. The van der Waals surface area contributed by atoms with E-state index in [0.29, 0.717) is 6.04 Å². The van der Waals surface area contributed by atoms with Crippen LogP contribution >= 0.6 is 0 Å². The second-order valence-corrected chi connectivity index (χ2v) is 6.20. The fraction of sp³-hybridized carbons (Fsp3) is 0.688. The van der Waals surface area contributed by atoms with Gasteiger partial charge in [0, 0.05) is 18.0 Å². The largest absolute Gasteiger partial charge is 0.330 e. The van der Waals surface area contributed by atoms with Gasteiger partial charge in [-0.05, 0) is 44.1 Å². The quantitative estimate of drug-likeness (QED) is 0.720. The van der Waals surface area contributed by atoms with Crippen molar-refractivity contribution in [3.8, 4) is 0 Å². The number of nitrogens with zero attached hydrogens (tertiary/aromatic N) is 2. The molecule has 0 amide bonds. The highest BCUT2D eigenvalue weighted by atomic mass is 15.2. The minimum atomic E-state index is 0.628. The summed E-state index contributed by atoms with van der Waals surface area (Å²) in [5.41, 5.74) is 1.06. The molecule has 0 radical (unpaired) electrons. The molecule has 1 aliphatic heterocycles. The highest BCUT2D eigenvalue weighted by molar-refractivity contribution is 5.94. The lowest BCUT2D eigenvalue weighted by Gasteiger charge is -2.29. The van der Waals surface area contributed by atoms with Gasteiger partial charge >= 0.3 is 0 Å². The van der Waals surface area contributed by atoms with Gasteiger partial charge in [-0.2, -0.15) is 0 Å². The van der Waals surface area contributed by atoms with Gasteiger partial charge < -0.3 is 4.90 Å². The first-order valence-electron chi connectivity index (χ1n) is 7.27. The van der Waals surface area contributed by atoms with Crippen molar-refractivity contribution in [1.29, 1.82) is 0 Å². The van der Waals surface area contributed by atoms with Crippen LogP contribution in [0.1, 0.15) is 52.9 Å². The molecule has 1 saturated carbocycles. The summed E-state index contributed by atoms with van der Waals surface area (Å²) in [7, 11) is 0. The van der Waals surface area contributed by atoms with Gasteiger partial charge in [-0.1, -0.05) is 33.3 Å². The molecule has 0 aromatic heterocycles. The number of allylic oxidation sites excluding steroid dienone is 1. The maximum absolute atomic E-state index is 4.47. The van der Waals surface area contributed by atoms with Crippen molar-refractivity contribution in [1.82, 2.24) is 4.90 Å². The molecule has 1 unspecified atom stereocenters. The van der Waals surface area contributed by atoms with E-state index in [9.17, 15) is 0 Å². The maximum Gasteiger partial charge on any atom is 0.125 e. The van der Waals surface area contributed by atoms with Crippen molar-refractivity contribution >= 4 is 5.71 Å². The predicted octanol–water partition coefficient (Wildman–Crippen LogP) is 4.35. The molecule has 0 spiro atoms. The molecule has 2 aliphatic rings. The average Bonchev–Trinajstić information content (AvgIpc) is 2.75. The van der Waals surface area contributed by atoms with Crippen LogP contribution in [0.4, 0.5) is 0 Å². The standard InChI is InChI=1S/C16H26N2/c1-12(2)5-6-15-7-8-16(11-15)18-10-9-13(3)17-14(18)4/h9-10,12,15-16H,4-8,11H2,1-3H3/t15?,16-/m1/s1. The van der Waals surface area contributed by atoms with Gasteiger partial charge in [-0.3, -0.25) is 0 Å². The Morgan fingerprint density at radius 3 is 2.89 bits per heavy atom. The maximum atomic E-state index is 4.47. The Bertz CT molecular complexity index is 365. The van der Waals surface area contributed by atoms with E-state index in [-0.39, 0.29) is 0 Å². The van der Waals surface area contributed by atoms with Crippen molar-refractivity contribution in [2.75, 3.05) is 0 Å².